The van der Waals surface area contributed by atoms with Gasteiger partial charge in [-0.25, -0.2) is 0 Å². The van der Waals surface area contributed by atoms with E-state index in [1.807, 2.05) is 36.4 Å². The van der Waals surface area contributed by atoms with Crippen molar-refractivity contribution in [1.29, 1.82) is 0 Å². The number of aromatic nitrogens is 2. The number of Topliss-reactive ketones (excluding diaryl/α,β-unsaturated/α-hetero) is 1. The lowest BCUT2D eigenvalue weighted by Crippen LogP contribution is -2.54. The molecule has 0 radical (unpaired) electrons. The van der Waals surface area contributed by atoms with Crippen molar-refractivity contribution >= 4 is 35.1 Å². The molecule has 0 bridgehead atoms. The van der Waals surface area contributed by atoms with Gasteiger partial charge < -0.3 is 14.1 Å². The fourth-order valence-electron chi connectivity index (χ4n) is 4.26. The van der Waals surface area contributed by atoms with Gasteiger partial charge in [0.05, 0.1) is 18.4 Å². The maximum absolute atomic E-state index is 13.2. The summed E-state index contributed by atoms with van der Waals surface area (Å²) in [5, 5.41) is 8.87. The van der Waals surface area contributed by atoms with Crippen molar-refractivity contribution in [3.63, 3.8) is 0 Å². The average Bonchev–Trinajstić information content (AvgIpc) is 3.32. The Labute approximate surface area is 201 Å². The highest BCUT2D eigenvalue weighted by Crippen LogP contribution is 2.42. The minimum atomic E-state index is -1.06. The quantitative estimate of drug-likeness (QED) is 0.436. The highest BCUT2D eigenvalue weighted by atomic mass is 35.5. The minimum absolute atomic E-state index is 0.0129. The Hall–Kier alpha value is -2.84. The highest BCUT2D eigenvalue weighted by molar-refractivity contribution is 7.99. The third-order valence-electron chi connectivity index (χ3n) is 5.98. The minimum Gasteiger partial charge on any atom is -0.496 e. The number of rotatable bonds is 7. The summed E-state index contributed by atoms with van der Waals surface area (Å²) in [5.74, 6) is 0.770. The van der Waals surface area contributed by atoms with Crippen molar-refractivity contribution in [2.24, 2.45) is 0 Å². The first-order valence-corrected chi connectivity index (χ1v) is 12.0. The highest BCUT2D eigenvalue weighted by Gasteiger charge is 2.47. The topological polar surface area (TPSA) is 85.5 Å². The van der Waals surface area contributed by atoms with Crippen molar-refractivity contribution < 1.29 is 18.7 Å². The molecule has 1 heterocycles. The Morgan fingerprint density at radius 3 is 2.70 bits per heavy atom. The first kappa shape index (κ1) is 23.3. The van der Waals surface area contributed by atoms with Gasteiger partial charge in [0.2, 0.25) is 5.91 Å². The van der Waals surface area contributed by atoms with E-state index in [0.717, 1.165) is 24.6 Å². The predicted octanol–water partition coefficient (Wildman–Crippen LogP) is 4.99. The Morgan fingerprint density at radius 1 is 1.18 bits per heavy atom. The molecular formula is C24H24ClN3O4S. The molecule has 1 aliphatic rings. The van der Waals surface area contributed by atoms with Gasteiger partial charge in [-0.1, -0.05) is 53.7 Å². The maximum atomic E-state index is 13.2. The number of ether oxygens (including phenoxy) is 1. The van der Waals surface area contributed by atoms with E-state index < -0.39 is 5.54 Å². The van der Waals surface area contributed by atoms with Crippen LogP contribution in [0.15, 0.2) is 58.2 Å². The lowest BCUT2D eigenvalue weighted by molar-refractivity contribution is -0.146. The number of para-hydroxylation sites is 1. The van der Waals surface area contributed by atoms with Gasteiger partial charge in [0.25, 0.3) is 11.1 Å². The molecule has 1 unspecified atom stereocenters. The summed E-state index contributed by atoms with van der Waals surface area (Å²) in [5.41, 5.74) is 0.285. The number of carbonyl (C=O) groups is 2. The number of carbonyl (C=O) groups excluding carboxylic acids is 2. The zero-order chi connectivity index (χ0) is 23.4. The molecule has 1 saturated carbocycles. The summed E-state index contributed by atoms with van der Waals surface area (Å²) in [4.78, 5) is 28.0. The number of ketones is 1. The van der Waals surface area contributed by atoms with Crippen LogP contribution in [0, 0.1) is 0 Å². The lowest BCUT2D eigenvalue weighted by Gasteiger charge is -2.44. The number of thioether (sulfide) groups is 1. The van der Waals surface area contributed by atoms with Gasteiger partial charge in [-0.15, -0.1) is 10.2 Å². The van der Waals surface area contributed by atoms with E-state index in [1.165, 1.54) is 0 Å². The van der Waals surface area contributed by atoms with Gasteiger partial charge in [-0.2, -0.15) is 0 Å². The number of likely N-dealkylation sites (N-methyl/N-ethyl adjacent to an activating group) is 1. The number of hydrogen-bond donors (Lipinski definition) is 0. The van der Waals surface area contributed by atoms with E-state index in [2.05, 4.69) is 10.2 Å². The van der Waals surface area contributed by atoms with Crippen molar-refractivity contribution in [2.45, 2.75) is 36.4 Å². The van der Waals surface area contributed by atoms with Gasteiger partial charge in [0.15, 0.2) is 5.78 Å². The van der Waals surface area contributed by atoms with E-state index in [4.69, 9.17) is 20.8 Å². The number of halogens is 1. The molecule has 9 heteroatoms. The molecule has 4 rings (SSSR count). The predicted molar refractivity (Wildman–Crippen MR) is 126 cm³/mol. The zero-order valence-electron chi connectivity index (χ0n) is 18.4. The third kappa shape index (κ3) is 4.50. The standard InChI is InChI=1S/C24H24ClN3O4S/c1-28(24(14-8-7-13-20(24)29)17-10-4-5-11-18(17)25)21(30)15-33-23-27-26-22(32-23)16-9-3-6-12-19(16)31-2/h3-6,9-12H,7-8,13-15H2,1-2H3. The number of methoxy groups -OCH3 is 1. The van der Waals surface area contributed by atoms with Gasteiger partial charge >= 0.3 is 0 Å². The summed E-state index contributed by atoms with van der Waals surface area (Å²) in [7, 11) is 3.24. The van der Waals surface area contributed by atoms with E-state index >= 15 is 0 Å². The van der Waals surface area contributed by atoms with Crippen LogP contribution in [-0.4, -0.2) is 46.7 Å². The van der Waals surface area contributed by atoms with Gasteiger partial charge in [-0.05, 0) is 37.5 Å². The lowest BCUT2D eigenvalue weighted by atomic mass is 9.74. The molecule has 1 aromatic heterocycles. The van der Waals surface area contributed by atoms with E-state index in [1.54, 1.807) is 31.2 Å². The molecule has 1 atom stereocenters. The van der Waals surface area contributed by atoms with Gasteiger partial charge in [0.1, 0.15) is 11.3 Å². The molecule has 1 fully saturated rings. The van der Waals surface area contributed by atoms with E-state index in [-0.39, 0.29) is 22.7 Å². The molecule has 0 saturated heterocycles. The van der Waals surface area contributed by atoms with Crippen LogP contribution in [0.5, 0.6) is 5.75 Å². The molecular weight excluding hydrogens is 462 g/mol. The van der Waals surface area contributed by atoms with Crippen molar-refractivity contribution in [2.75, 3.05) is 19.9 Å². The first-order chi connectivity index (χ1) is 16.0. The molecule has 33 heavy (non-hydrogen) atoms. The molecule has 3 aromatic rings. The maximum Gasteiger partial charge on any atom is 0.277 e. The molecule has 1 amide bonds. The Morgan fingerprint density at radius 2 is 1.94 bits per heavy atom. The fourth-order valence-corrected chi connectivity index (χ4v) is 5.23. The smallest absolute Gasteiger partial charge is 0.277 e. The van der Waals surface area contributed by atoms with Crippen LogP contribution in [0.25, 0.3) is 11.5 Å². The number of hydrogen-bond acceptors (Lipinski definition) is 7. The SMILES string of the molecule is COc1ccccc1-c1nnc(SCC(=O)N(C)C2(c3ccccc3Cl)CCCCC2=O)o1. The summed E-state index contributed by atoms with van der Waals surface area (Å²) in [6.45, 7) is 0. The van der Waals surface area contributed by atoms with Gasteiger partial charge in [0, 0.05) is 24.1 Å². The molecule has 2 aromatic carbocycles. The van der Waals surface area contributed by atoms with Crippen LogP contribution in [0.4, 0.5) is 0 Å². The fraction of sp³-hybridized carbons (Fsp3) is 0.333. The monoisotopic (exact) mass is 485 g/mol. The first-order valence-electron chi connectivity index (χ1n) is 10.6. The third-order valence-corrected chi connectivity index (χ3v) is 7.12. The molecule has 0 N–H and O–H groups in total. The summed E-state index contributed by atoms with van der Waals surface area (Å²) < 4.78 is 11.1. The molecule has 1 aliphatic carbocycles. The van der Waals surface area contributed by atoms with Crippen molar-refractivity contribution in [3.8, 4) is 17.2 Å². The Balaban J connectivity index is 1.53. The van der Waals surface area contributed by atoms with Crippen LogP contribution >= 0.6 is 23.4 Å². The van der Waals surface area contributed by atoms with E-state index in [9.17, 15) is 9.59 Å². The second-order valence-corrected chi connectivity index (χ2v) is 9.12. The molecule has 0 spiro atoms. The second-order valence-electron chi connectivity index (χ2n) is 7.79. The normalized spacial score (nSPS) is 18.2. The van der Waals surface area contributed by atoms with Crippen molar-refractivity contribution in [1.82, 2.24) is 15.1 Å². The van der Waals surface area contributed by atoms with E-state index in [0.29, 0.717) is 40.6 Å². The summed E-state index contributed by atoms with van der Waals surface area (Å²) >= 11 is 7.61. The second kappa shape index (κ2) is 9.97. The number of benzene rings is 2. The van der Waals surface area contributed by atoms with Crippen LogP contribution in [-0.2, 0) is 15.1 Å². The summed E-state index contributed by atoms with van der Waals surface area (Å²) in [6.07, 6.45) is 2.62. The van der Waals surface area contributed by atoms with Gasteiger partial charge in [-0.3, -0.25) is 9.59 Å². The zero-order valence-corrected chi connectivity index (χ0v) is 20.0. The molecule has 0 aliphatic heterocycles. The van der Waals surface area contributed by atoms with Crippen LogP contribution in [0.1, 0.15) is 31.2 Å². The Kier molecular flexibility index (Phi) is 7.05. The average molecular weight is 486 g/mol. The number of amides is 1. The van der Waals surface area contributed by atoms with Crippen LogP contribution in [0.3, 0.4) is 0 Å². The van der Waals surface area contributed by atoms with Crippen LogP contribution < -0.4 is 4.74 Å². The Bertz CT molecular complexity index is 1170. The van der Waals surface area contributed by atoms with Crippen LogP contribution in [0.2, 0.25) is 5.02 Å². The largest absolute Gasteiger partial charge is 0.496 e. The van der Waals surface area contributed by atoms with Crippen molar-refractivity contribution in [3.05, 3.63) is 59.1 Å². The number of nitrogens with zero attached hydrogens (tertiary/aromatic N) is 3. The molecule has 7 nitrogen and oxygen atoms in total. The summed E-state index contributed by atoms with van der Waals surface area (Å²) in [6, 6.07) is 14.6. The molecule has 172 valence electrons.